The minimum atomic E-state index is -0.353. The number of aliphatic hydroxyl groups is 1. The zero-order valence-electron chi connectivity index (χ0n) is 11.0. The van der Waals surface area contributed by atoms with Gasteiger partial charge in [-0.1, -0.05) is 11.6 Å². The quantitative estimate of drug-likeness (QED) is 0.859. The molecule has 1 N–H and O–H groups in total. The van der Waals surface area contributed by atoms with Gasteiger partial charge in [-0.2, -0.15) is 10.3 Å². The van der Waals surface area contributed by atoms with Gasteiger partial charge in [0.1, 0.15) is 12.7 Å². The van der Waals surface area contributed by atoms with Crippen LogP contribution in [0.2, 0.25) is 5.02 Å². The smallest absolute Gasteiger partial charge is 0.293 e. The number of hydrogen-bond donors (Lipinski definition) is 1. The second-order valence-corrected chi connectivity index (χ2v) is 5.38. The van der Waals surface area contributed by atoms with Gasteiger partial charge in [-0.25, -0.2) is 0 Å². The summed E-state index contributed by atoms with van der Waals surface area (Å²) in [6, 6.07) is 5.98. The Kier molecular flexibility index (Phi) is 3.28. The number of nitrogens with zero attached hydrogens (tertiary/aromatic N) is 3. The van der Waals surface area contributed by atoms with E-state index in [0.29, 0.717) is 28.9 Å². The van der Waals surface area contributed by atoms with Crippen LogP contribution in [0.15, 0.2) is 17.1 Å². The predicted octanol–water partition coefficient (Wildman–Crippen LogP) is 1.97. The summed E-state index contributed by atoms with van der Waals surface area (Å²) in [7, 11) is 0. The molecular formula is C14H14ClN3O2. The van der Waals surface area contributed by atoms with Gasteiger partial charge in [0.25, 0.3) is 6.02 Å². The number of rotatable bonds is 1. The summed E-state index contributed by atoms with van der Waals surface area (Å²) < 4.78 is 5.55. The van der Waals surface area contributed by atoms with Crippen LogP contribution in [0, 0.1) is 18.3 Å². The zero-order valence-corrected chi connectivity index (χ0v) is 11.8. The molecule has 2 aliphatic rings. The highest BCUT2D eigenvalue weighted by molar-refractivity contribution is 6.32. The Labute approximate surface area is 122 Å². The predicted molar refractivity (Wildman–Crippen MR) is 75.1 cm³/mol. The molecule has 2 fully saturated rings. The number of hydrogen-bond acceptors (Lipinski definition) is 4. The molecule has 0 aliphatic carbocycles. The standard InChI is InChI=1S/C14H14ClN3O2/c1-8-10(3-2-9(6-16)13(8)15)17-14-18-5-4-12(19)11(18)7-20-14/h2-3,11-12,19H,4-5,7H2,1H3/t11-,12?/m1/s1. The van der Waals surface area contributed by atoms with E-state index in [4.69, 9.17) is 21.6 Å². The number of nitriles is 1. The molecule has 2 saturated heterocycles. The van der Waals surface area contributed by atoms with Gasteiger partial charge in [0, 0.05) is 6.54 Å². The monoisotopic (exact) mass is 291 g/mol. The normalized spacial score (nSPS) is 26.5. The van der Waals surface area contributed by atoms with Crippen LogP contribution in [0.5, 0.6) is 0 Å². The average molecular weight is 292 g/mol. The van der Waals surface area contributed by atoms with Crippen molar-refractivity contribution < 1.29 is 9.84 Å². The summed E-state index contributed by atoms with van der Waals surface area (Å²) >= 11 is 6.13. The number of aliphatic imine (C=N–C) groups is 1. The summed E-state index contributed by atoms with van der Waals surface area (Å²) in [5, 5.41) is 19.2. The molecule has 2 atom stereocenters. The summed E-state index contributed by atoms with van der Waals surface area (Å²) in [5.41, 5.74) is 1.88. The number of aliphatic hydroxyl groups excluding tert-OH is 1. The van der Waals surface area contributed by atoms with E-state index in [1.165, 1.54) is 0 Å². The third-order valence-corrected chi connectivity index (χ3v) is 4.32. The highest BCUT2D eigenvalue weighted by Crippen LogP contribution is 2.31. The van der Waals surface area contributed by atoms with Gasteiger partial charge in [-0.05, 0) is 31.0 Å². The molecule has 2 aliphatic heterocycles. The van der Waals surface area contributed by atoms with Crippen molar-refractivity contribution >= 4 is 23.3 Å². The molecule has 2 heterocycles. The van der Waals surface area contributed by atoms with Gasteiger partial charge in [0.05, 0.1) is 28.4 Å². The first kappa shape index (κ1) is 13.2. The molecule has 1 aromatic carbocycles. The topological polar surface area (TPSA) is 68.8 Å². The Morgan fingerprint density at radius 2 is 2.35 bits per heavy atom. The van der Waals surface area contributed by atoms with Crippen molar-refractivity contribution in [2.45, 2.75) is 25.5 Å². The molecule has 1 aromatic rings. The number of amidine groups is 1. The van der Waals surface area contributed by atoms with Gasteiger partial charge in [-0.15, -0.1) is 0 Å². The Hall–Kier alpha value is -1.77. The van der Waals surface area contributed by atoms with E-state index in [9.17, 15) is 5.11 Å². The Balaban J connectivity index is 1.94. The molecule has 3 rings (SSSR count). The largest absolute Gasteiger partial charge is 0.463 e. The van der Waals surface area contributed by atoms with Crippen molar-refractivity contribution in [3.05, 3.63) is 28.3 Å². The lowest BCUT2D eigenvalue weighted by Gasteiger charge is -2.15. The van der Waals surface area contributed by atoms with E-state index >= 15 is 0 Å². The van der Waals surface area contributed by atoms with Crippen molar-refractivity contribution in [1.82, 2.24) is 4.90 Å². The fraction of sp³-hybridized carbons (Fsp3) is 0.429. The van der Waals surface area contributed by atoms with Gasteiger partial charge in [-0.3, -0.25) is 0 Å². The number of benzene rings is 1. The van der Waals surface area contributed by atoms with Crippen LogP contribution >= 0.6 is 11.6 Å². The molecule has 104 valence electrons. The lowest BCUT2D eigenvalue weighted by molar-refractivity contribution is 0.134. The molecule has 6 heteroatoms. The molecule has 0 spiro atoms. The Morgan fingerprint density at radius 1 is 1.55 bits per heavy atom. The van der Waals surface area contributed by atoms with Gasteiger partial charge in [0.2, 0.25) is 0 Å². The van der Waals surface area contributed by atoms with E-state index in [2.05, 4.69) is 4.99 Å². The van der Waals surface area contributed by atoms with Crippen LogP contribution < -0.4 is 0 Å². The van der Waals surface area contributed by atoms with Crippen LogP contribution in [0.25, 0.3) is 0 Å². The first-order valence-corrected chi connectivity index (χ1v) is 6.85. The molecule has 0 saturated carbocycles. The van der Waals surface area contributed by atoms with Crippen LogP contribution in [-0.4, -0.2) is 41.3 Å². The van der Waals surface area contributed by atoms with Gasteiger partial charge < -0.3 is 14.7 Å². The van der Waals surface area contributed by atoms with E-state index < -0.39 is 0 Å². The van der Waals surface area contributed by atoms with Crippen molar-refractivity contribution in [2.75, 3.05) is 13.2 Å². The molecule has 5 nitrogen and oxygen atoms in total. The molecule has 1 unspecified atom stereocenters. The third kappa shape index (κ3) is 2.01. The lowest BCUT2D eigenvalue weighted by Crippen LogP contribution is -2.33. The maximum Gasteiger partial charge on any atom is 0.293 e. The Morgan fingerprint density at radius 3 is 3.10 bits per heavy atom. The van der Waals surface area contributed by atoms with Crippen LogP contribution in [0.4, 0.5) is 5.69 Å². The first-order valence-electron chi connectivity index (χ1n) is 6.47. The zero-order chi connectivity index (χ0) is 14.3. The molecule has 0 aromatic heterocycles. The maximum absolute atomic E-state index is 9.82. The molecule has 0 radical (unpaired) electrons. The maximum atomic E-state index is 9.82. The lowest BCUT2D eigenvalue weighted by atomic mass is 10.1. The second kappa shape index (κ2) is 4.97. The highest BCUT2D eigenvalue weighted by Gasteiger charge is 2.41. The molecule has 20 heavy (non-hydrogen) atoms. The van der Waals surface area contributed by atoms with Gasteiger partial charge in [0.15, 0.2) is 0 Å². The fourth-order valence-corrected chi connectivity index (χ4v) is 2.80. The fourth-order valence-electron chi connectivity index (χ4n) is 2.60. The molecular weight excluding hydrogens is 278 g/mol. The Bertz CT molecular complexity index is 624. The third-order valence-electron chi connectivity index (χ3n) is 3.83. The average Bonchev–Trinajstić information content (AvgIpc) is 3.00. The highest BCUT2D eigenvalue weighted by atomic mass is 35.5. The van der Waals surface area contributed by atoms with E-state index in [0.717, 1.165) is 18.5 Å². The van der Waals surface area contributed by atoms with Crippen molar-refractivity contribution in [3.63, 3.8) is 0 Å². The van der Waals surface area contributed by atoms with E-state index in [1.54, 1.807) is 12.1 Å². The van der Waals surface area contributed by atoms with Crippen LogP contribution in [0.1, 0.15) is 17.5 Å². The first-order chi connectivity index (χ1) is 9.61. The number of halogens is 1. The van der Waals surface area contributed by atoms with Crippen molar-refractivity contribution in [2.24, 2.45) is 4.99 Å². The SMILES string of the molecule is Cc1c(N=C2OC[C@@H]3C(O)CCN23)ccc(C#N)c1Cl. The summed E-state index contributed by atoms with van der Waals surface area (Å²) in [6.45, 7) is 3.03. The van der Waals surface area contributed by atoms with Crippen molar-refractivity contribution in [1.29, 1.82) is 5.26 Å². The van der Waals surface area contributed by atoms with Crippen molar-refractivity contribution in [3.8, 4) is 6.07 Å². The van der Waals surface area contributed by atoms with Crippen LogP contribution in [-0.2, 0) is 4.74 Å². The summed E-state index contributed by atoms with van der Waals surface area (Å²) in [4.78, 5) is 6.47. The number of ether oxygens (including phenoxy) is 1. The summed E-state index contributed by atoms with van der Waals surface area (Å²) in [5.74, 6) is 0. The summed E-state index contributed by atoms with van der Waals surface area (Å²) in [6.07, 6.45) is 0.383. The second-order valence-electron chi connectivity index (χ2n) is 5.01. The van der Waals surface area contributed by atoms with Gasteiger partial charge >= 0.3 is 0 Å². The molecule has 0 amide bonds. The number of fused-ring (bicyclic) bond motifs is 1. The van der Waals surface area contributed by atoms with E-state index in [1.807, 2.05) is 17.9 Å². The minimum absolute atomic E-state index is 0.00269. The minimum Gasteiger partial charge on any atom is -0.463 e. The van der Waals surface area contributed by atoms with Crippen LogP contribution in [0.3, 0.4) is 0 Å². The molecule has 0 bridgehead atoms. The van der Waals surface area contributed by atoms with E-state index in [-0.39, 0.29) is 12.1 Å².